The molecule has 1 aliphatic rings. The van der Waals surface area contributed by atoms with E-state index in [9.17, 15) is 9.59 Å². The first-order chi connectivity index (χ1) is 15.4. The van der Waals surface area contributed by atoms with Crippen molar-refractivity contribution >= 4 is 11.6 Å². The van der Waals surface area contributed by atoms with E-state index in [2.05, 4.69) is 39.3 Å². The second-order valence-corrected chi connectivity index (χ2v) is 8.50. The lowest BCUT2D eigenvalue weighted by Crippen LogP contribution is -2.30. The molecule has 2 aromatic heterocycles. The number of H-pyrrole nitrogens is 1. The number of aromatic amines is 1. The third kappa shape index (κ3) is 4.78. The number of furan rings is 1. The summed E-state index contributed by atoms with van der Waals surface area (Å²) in [6.07, 6.45) is 3.84. The van der Waals surface area contributed by atoms with Gasteiger partial charge in [-0.15, -0.1) is 0 Å². The van der Waals surface area contributed by atoms with Gasteiger partial charge in [0.2, 0.25) is 0 Å². The van der Waals surface area contributed by atoms with E-state index in [1.165, 1.54) is 11.3 Å². The number of hydrogen-bond acceptors (Lipinski definition) is 5. The lowest BCUT2D eigenvalue weighted by molar-refractivity contribution is 0.0949. The number of anilines is 1. The van der Waals surface area contributed by atoms with Gasteiger partial charge in [-0.2, -0.15) is 0 Å². The summed E-state index contributed by atoms with van der Waals surface area (Å²) in [5.41, 5.74) is 4.07. The maximum atomic E-state index is 12.6. The van der Waals surface area contributed by atoms with Crippen LogP contribution in [0.5, 0.6) is 0 Å². The number of aryl methyl sites for hydroxylation is 1. The average Bonchev–Trinajstić information content (AvgIpc) is 3.32. The monoisotopic (exact) mass is 434 g/mol. The zero-order valence-electron chi connectivity index (χ0n) is 18.9. The molecule has 1 amide bonds. The van der Waals surface area contributed by atoms with E-state index in [1.807, 2.05) is 32.2 Å². The first kappa shape index (κ1) is 21.9. The number of aromatic nitrogens is 1. The summed E-state index contributed by atoms with van der Waals surface area (Å²) in [7, 11) is 4.06. The van der Waals surface area contributed by atoms with E-state index in [0.29, 0.717) is 13.1 Å². The summed E-state index contributed by atoms with van der Waals surface area (Å²) >= 11 is 0. The largest absolute Gasteiger partial charge is 0.468 e. The molecule has 7 heteroatoms. The topological polar surface area (TPSA) is 81.6 Å². The van der Waals surface area contributed by atoms with Crippen LogP contribution in [0.2, 0.25) is 0 Å². The first-order valence-electron chi connectivity index (χ1n) is 11.0. The van der Waals surface area contributed by atoms with Crippen molar-refractivity contribution in [3.05, 3.63) is 87.2 Å². The second-order valence-electron chi connectivity index (χ2n) is 8.50. The van der Waals surface area contributed by atoms with Crippen LogP contribution in [0.4, 0.5) is 5.69 Å². The minimum atomic E-state index is -0.383. The van der Waals surface area contributed by atoms with Gasteiger partial charge < -0.3 is 19.6 Å². The van der Waals surface area contributed by atoms with Crippen molar-refractivity contribution in [1.29, 1.82) is 0 Å². The molecular formula is C25H30N4O3. The summed E-state index contributed by atoms with van der Waals surface area (Å²) in [6, 6.07) is 13.5. The Morgan fingerprint density at radius 2 is 2.12 bits per heavy atom. The molecule has 7 nitrogen and oxygen atoms in total. The van der Waals surface area contributed by atoms with Crippen LogP contribution in [0.3, 0.4) is 0 Å². The van der Waals surface area contributed by atoms with Crippen molar-refractivity contribution in [3.8, 4) is 0 Å². The van der Waals surface area contributed by atoms with Gasteiger partial charge in [0.25, 0.3) is 11.5 Å². The van der Waals surface area contributed by atoms with Crippen molar-refractivity contribution in [1.82, 2.24) is 15.2 Å². The Kier molecular flexibility index (Phi) is 6.46. The number of nitrogens with zero attached hydrogens (tertiary/aromatic N) is 2. The molecule has 4 rings (SSSR count). The molecule has 3 heterocycles. The smallest absolute Gasteiger partial charge is 0.261 e. The van der Waals surface area contributed by atoms with Crippen molar-refractivity contribution < 1.29 is 9.21 Å². The Balaban J connectivity index is 1.37. The number of carbonyl (C=O) groups is 1. The highest BCUT2D eigenvalue weighted by Crippen LogP contribution is 2.26. The molecule has 32 heavy (non-hydrogen) atoms. The predicted octanol–water partition coefficient (Wildman–Crippen LogP) is 3.47. The lowest BCUT2D eigenvalue weighted by Gasteiger charge is -2.27. The highest BCUT2D eigenvalue weighted by molar-refractivity contribution is 5.93. The number of benzene rings is 1. The van der Waals surface area contributed by atoms with Gasteiger partial charge in [0.05, 0.1) is 12.3 Å². The van der Waals surface area contributed by atoms with Gasteiger partial charge in [-0.25, -0.2) is 0 Å². The Morgan fingerprint density at radius 1 is 1.28 bits per heavy atom. The Bertz CT molecular complexity index is 1140. The van der Waals surface area contributed by atoms with Crippen LogP contribution in [0.15, 0.2) is 57.9 Å². The second kappa shape index (κ2) is 9.44. The minimum Gasteiger partial charge on any atom is -0.468 e. The zero-order chi connectivity index (χ0) is 22.7. The molecule has 1 unspecified atom stereocenters. The molecule has 1 aromatic carbocycles. The molecule has 168 valence electrons. The lowest BCUT2D eigenvalue weighted by atomic mass is 9.99. The van der Waals surface area contributed by atoms with Crippen molar-refractivity contribution in [2.75, 3.05) is 25.5 Å². The zero-order valence-corrected chi connectivity index (χ0v) is 18.9. The maximum absolute atomic E-state index is 12.6. The van der Waals surface area contributed by atoms with Crippen LogP contribution in [0.1, 0.15) is 52.3 Å². The van der Waals surface area contributed by atoms with E-state index < -0.39 is 0 Å². The van der Waals surface area contributed by atoms with E-state index >= 15 is 0 Å². The van der Waals surface area contributed by atoms with Gasteiger partial charge in [-0.05, 0) is 68.3 Å². The van der Waals surface area contributed by atoms with Crippen LogP contribution in [-0.2, 0) is 19.5 Å². The van der Waals surface area contributed by atoms with Crippen LogP contribution >= 0.6 is 0 Å². The van der Waals surface area contributed by atoms with Gasteiger partial charge in [0, 0.05) is 38.1 Å². The number of amides is 1. The van der Waals surface area contributed by atoms with E-state index in [1.54, 1.807) is 18.4 Å². The van der Waals surface area contributed by atoms with Gasteiger partial charge in [-0.3, -0.25) is 14.5 Å². The molecule has 1 atom stereocenters. The number of rotatable bonds is 7. The molecule has 2 N–H and O–H groups in total. The molecule has 0 aliphatic carbocycles. The molecule has 3 aromatic rings. The SMILES string of the molecule is CC(c1ccco1)N(C)Cc1ccc(C(=O)NCc2ccc3c(c2)CCCN3C)c(=O)[nH]1. The molecule has 0 spiro atoms. The predicted molar refractivity (Wildman–Crippen MR) is 125 cm³/mol. The van der Waals surface area contributed by atoms with Crippen LogP contribution < -0.4 is 15.8 Å². The molecular weight excluding hydrogens is 404 g/mol. The first-order valence-corrected chi connectivity index (χ1v) is 11.0. The van der Waals surface area contributed by atoms with Crippen LogP contribution in [0.25, 0.3) is 0 Å². The third-order valence-corrected chi connectivity index (χ3v) is 6.20. The molecule has 0 radical (unpaired) electrons. The van der Waals surface area contributed by atoms with Crippen molar-refractivity contribution in [2.45, 2.75) is 38.9 Å². The summed E-state index contributed by atoms with van der Waals surface area (Å²) in [5.74, 6) is 0.490. The summed E-state index contributed by atoms with van der Waals surface area (Å²) < 4.78 is 5.46. The number of carbonyl (C=O) groups excluding carboxylic acids is 1. The van der Waals surface area contributed by atoms with Gasteiger partial charge in [-0.1, -0.05) is 12.1 Å². The van der Waals surface area contributed by atoms with E-state index in [4.69, 9.17) is 4.42 Å². The fourth-order valence-electron chi connectivity index (χ4n) is 4.16. The van der Waals surface area contributed by atoms with Gasteiger partial charge >= 0.3 is 0 Å². The summed E-state index contributed by atoms with van der Waals surface area (Å²) in [4.78, 5) is 32.3. The Morgan fingerprint density at radius 3 is 2.88 bits per heavy atom. The highest BCUT2D eigenvalue weighted by atomic mass is 16.3. The Labute approximate surface area is 188 Å². The van der Waals surface area contributed by atoms with E-state index in [0.717, 1.165) is 36.4 Å². The van der Waals surface area contributed by atoms with Gasteiger partial charge in [0.15, 0.2) is 0 Å². The van der Waals surface area contributed by atoms with Crippen LogP contribution in [-0.4, -0.2) is 36.4 Å². The molecule has 0 saturated carbocycles. The normalized spacial score (nSPS) is 14.3. The fraction of sp³-hybridized carbons (Fsp3) is 0.360. The average molecular weight is 435 g/mol. The van der Waals surface area contributed by atoms with E-state index in [-0.39, 0.29) is 23.1 Å². The highest BCUT2D eigenvalue weighted by Gasteiger charge is 2.17. The van der Waals surface area contributed by atoms with Gasteiger partial charge in [0.1, 0.15) is 11.3 Å². The Hall–Kier alpha value is -3.32. The third-order valence-electron chi connectivity index (χ3n) is 6.20. The molecule has 0 bridgehead atoms. The molecule has 0 saturated heterocycles. The summed E-state index contributed by atoms with van der Waals surface area (Å²) in [5, 5.41) is 2.88. The minimum absolute atomic E-state index is 0.0629. The number of nitrogens with one attached hydrogen (secondary N) is 2. The standard InChI is InChI=1S/C25H30N4O3/c1-17(23-7-5-13-32-23)29(3)16-20-9-10-21(25(31)27-20)24(30)26-15-18-8-11-22-19(14-18)6-4-12-28(22)2/h5,7-11,13-14,17H,4,6,12,15-16H2,1-3H3,(H,26,30)(H,27,31). The fourth-order valence-corrected chi connectivity index (χ4v) is 4.16. The molecule has 0 fully saturated rings. The quantitative estimate of drug-likeness (QED) is 0.595. The van der Waals surface area contributed by atoms with Crippen LogP contribution in [0, 0.1) is 0 Å². The number of fused-ring (bicyclic) bond motifs is 1. The number of hydrogen-bond donors (Lipinski definition) is 2. The van der Waals surface area contributed by atoms with Crippen molar-refractivity contribution in [2.24, 2.45) is 0 Å². The van der Waals surface area contributed by atoms with Crippen molar-refractivity contribution in [3.63, 3.8) is 0 Å². The summed E-state index contributed by atoms with van der Waals surface area (Å²) in [6.45, 7) is 4.03. The number of pyridine rings is 1. The maximum Gasteiger partial charge on any atom is 0.261 e. The molecule has 1 aliphatic heterocycles.